The van der Waals surface area contributed by atoms with Crippen LogP contribution in [0.1, 0.15) is 12.5 Å². The van der Waals surface area contributed by atoms with Crippen LogP contribution in [-0.4, -0.2) is 29.8 Å². The molecule has 0 aromatic heterocycles. The molecule has 1 unspecified atom stereocenters. The van der Waals surface area contributed by atoms with Crippen molar-refractivity contribution in [3.63, 3.8) is 0 Å². The number of nitrogens with zero attached hydrogens (tertiary/aromatic N) is 1. The van der Waals surface area contributed by atoms with Gasteiger partial charge in [-0.25, -0.2) is 0 Å². The maximum Gasteiger partial charge on any atom is 0.227 e. The van der Waals surface area contributed by atoms with Gasteiger partial charge in [0.15, 0.2) is 0 Å². The number of alkyl halides is 1. The Morgan fingerprint density at radius 3 is 2.50 bits per heavy atom. The molecule has 0 N–H and O–H groups in total. The van der Waals surface area contributed by atoms with Crippen LogP contribution in [0.2, 0.25) is 0 Å². The third-order valence-corrected chi connectivity index (χ3v) is 3.52. The molecular weight excluding hydrogens is 289 g/mol. The minimum atomic E-state index is 0.0737. The van der Waals surface area contributed by atoms with Gasteiger partial charge in [-0.05, 0) is 24.6 Å². The fourth-order valence-electron chi connectivity index (χ4n) is 1.25. The average Bonchev–Trinajstić information content (AvgIpc) is 2.30. The van der Waals surface area contributed by atoms with Gasteiger partial charge < -0.3 is 4.90 Å². The van der Waals surface area contributed by atoms with E-state index in [4.69, 9.17) is 11.6 Å². The van der Waals surface area contributed by atoms with Crippen LogP contribution in [0, 0.1) is 0 Å². The van der Waals surface area contributed by atoms with Crippen molar-refractivity contribution in [2.75, 3.05) is 12.9 Å². The van der Waals surface area contributed by atoms with Crippen LogP contribution >= 0.6 is 27.5 Å². The predicted octanol–water partition coefficient (Wildman–Crippen LogP) is 3.08. The molecule has 1 atom stereocenters. The molecule has 0 saturated heterocycles. The van der Waals surface area contributed by atoms with Gasteiger partial charge in [-0.15, -0.1) is 11.6 Å². The van der Waals surface area contributed by atoms with Gasteiger partial charge in [0.2, 0.25) is 5.91 Å². The van der Waals surface area contributed by atoms with Crippen molar-refractivity contribution in [3.05, 3.63) is 34.3 Å². The summed E-state index contributed by atoms with van der Waals surface area (Å²) in [4.78, 5) is 13.5. The molecule has 1 rings (SSSR count). The molecule has 1 aromatic rings. The number of hydrogen-bond acceptors (Lipinski definition) is 1. The Balaban J connectivity index is 2.60. The topological polar surface area (TPSA) is 20.3 Å². The Kier molecular flexibility index (Phi) is 5.29. The second-order valence-corrected chi connectivity index (χ2v) is 5.04. The molecule has 0 saturated carbocycles. The minimum absolute atomic E-state index is 0.0737. The number of halogens is 2. The molecule has 0 bridgehead atoms. The Morgan fingerprint density at radius 2 is 2.00 bits per heavy atom. The van der Waals surface area contributed by atoms with Crippen molar-refractivity contribution in [1.82, 2.24) is 4.90 Å². The van der Waals surface area contributed by atoms with Crippen LogP contribution in [-0.2, 0) is 11.2 Å². The molecule has 0 heterocycles. The van der Waals surface area contributed by atoms with Crippen LogP contribution in [0.15, 0.2) is 28.7 Å². The second-order valence-electron chi connectivity index (χ2n) is 3.81. The second kappa shape index (κ2) is 6.26. The highest BCUT2D eigenvalue weighted by molar-refractivity contribution is 9.10. The number of hydrogen-bond donors (Lipinski definition) is 0. The summed E-state index contributed by atoms with van der Waals surface area (Å²) in [5.41, 5.74) is 1.02. The maximum absolute atomic E-state index is 11.9. The summed E-state index contributed by atoms with van der Waals surface area (Å²) in [5.74, 6) is 0.554. The largest absolute Gasteiger partial charge is 0.342 e. The van der Waals surface area contributed by atoms with Crippen LogP contribution in [0.3, 0.4) is 0 Å². The Labute approximate surface area is 110 Å². The molecule has 16 heavy (non-hydrogen) atoms. The van der Waals surface area contributed by atoms with E-state index < -0.39 is 0 Å². The first kappa shape index (κ1) is 13.5. The van der Waals surface area contributed by atoms with Gasteiger partial charge >= 0.3 is 0 Å². The molecule has 0 aliphatic heterocycles. The SMILES string of the molecule is CC(CCl)N(C)C(=O)Cc1ccc(Br)cc1. The highest BCUT2D eigenvalue weighted by atomic mass is 79.9. The highest BCUT2D eigenvalue weighted by Gasteiger charge is 2.14. The van der Waals surface area contributed by atoms with E-state index in [0.717, 1.165) is 10.0 Å². The lowest BCUT2D eigenvalue weighted by atomic mass is 10.1. The molecule has 0 fully saturated rings. The van der Waals surface area contributed by atoms with E-state index >= 15 is 0 Å². The van der Waals surface area contributed by atoms with Crippen molar-refractivity contribution in [2.24, 2.45) is 0 Å². The fraction of sp³-hybridized carbons (Fsp3) is 0.417. The molecule has 1 aromatic carbocycles. The zero-order valence-electron chi connectivity index (χ0n) is 9.41. The van der Waals surface area contributed by atoms with E-state index in [-0.39, 0.29) is 11.9 Å². The van der Waals surface area contributed by atoms with Crippen molar-refractivity contribution in [2.45, 2.75) is 19.4 Å². The molecule has 0 radical (unpaired) electrons. The normalized spacial score (nSPS) is 12.2. The number of amides is 1. The van der Waals surface area contributed by atoms with Gasteiger partial charge in [-0.1, -0.05) is 28.1 Å². The van der Waals surface area contributed by atoms with E-state index in [9.17, 15) is 4.79 Å². The van der Waals surface area contributed by atoms with E-state index in [1.54, 1.807) is 11.9 Å². The first-order chi connectivity index (χ1) is 7.54. The monoisotopic (exact) mass is 303 g/mol. The summed E-state index contributed by atoms with van der Waals surface area (Å²) in [5, 5.41) is 0. The van der Waals surface area contributed by atoms with Crippen molar-refractivity contribution in [1.29, 1.82) is 0 Å². The highest BCUT2D eigenvalue weighted by Crippen LogP contribution is 2.12. The Morgan fingerprint density at radius 1 is 1.44 bits per heavy atom. The summed E-state index contributed by atoms with van der Waals surface area (Å²) in [7, 11) is 1.79. The van der Waals surface area contributed by atoms with Gasteiger partial charge in [0, 0.05) is 23.4 Å². The molecule has 1 amide bonds. The van der Waals surface area contributed by atoms with E-state index in [0.29, 0.717) is 12.3 Å². The van der Waals surface area contributed by atoms with Gasteiger partial charge in [-0.3, -0.25) is 4.79 Å². The van der Waals surface area contributed by atoms with E-state index in [1.165, 1.54) is 0 Å². The third-order valence-electron chi connectivity index (χ3n) is 2.55. The van der Waals surface area contributed by atoms with Crippen molar-refractivity contribution >= 4 is 33.4 Å². The number of benzene rings is 1. The van der Waals surface area contributed by atoms with Crippen molar-refractivity contribution in [3.8, 4) is 0 Å². The summed E-state index contributed by atoms with van der Waals surface area (Å²) < 4.78 is 1.02. The first-order valence-electron chi connectivity index (χ1n) is 5.10. The van der Waals surface area contributed by atoms with Crippen LogP contribution < -0.4 is 0 Å². The fourth-order valence-corrected chi connectivity index (χ4v) is 1.72. The third kappa shape index (κ3) is 3.80. The summed E-state index contributed by atoms with van der Waals surface area (Å²) >= 11 is 9.08. The van der Waals surface area contributed by atoms with E-state index in [2.05, 4.69) is 15.9 Å². The van der Waals surface area contributed by atoms with Crippen molar-refractivity contribution < 1.29 is 4.79 Å². The molecular formula is C12H15BrClNO. The first-order valence-corrected chi connectivity index (χ1v) is 6.43. The maximum atomic E-state index is 11.9. The zero-order chi connectivity index (χ0) is 12.1. The summed E-state index contributed by atoms with van der Waals surface area (Å²) in [6, 6.07) is 7.84. The van der Waals surface area contributed by atoms with Gasteiger partial charge in [-0.2, -0.15) is 0 Å². The smallest absolute Gasteiger partial charge is 0.227 e. The zero-order valence-corrected chi connectivity index (χ0v) is 11.8. The number of carbonyl (C=O) groups excluding carboxylic acids is 1. The number of carbonyl (C=O) groups is 1. The predicted molar refractivity (Wildman–Crippen MR) is 70.8 cm³/mol. The Hall–Kier alpha value is -0.540. The minimum Gasteiger partial charge on any atom is -0.342 e. The molecule has 88 valence electrons. The molecule has 0 spiro atoms. The summed E-state index contributed by atoms with van der Waals surface area (Å²) in [6.45, 7) is 1.94. The van der Waals surface area contributed by atoms with Gasteiger partial charge in [0.1, 0.15) is 0 Å². The quantitative estimate of drug-likeness (QED) is 0.783. The lowest BCUT2D eigenvalue weighted by Crippen LogP contribution is -2.37. The average molecular weight is 305 g/mol. The number of rotatable bonds is 4. The number of likely N-dealkylation sites (N-methyl/N-ethyl adjacent to an activating group) is 1. The lowest BCUT2D eigenvalue weighted by Gasteiger charge is -2.23. The van der Waals surface area contributed by atoms with Gasteiger partial charge in [0.05, 0.1) is 6.42 Å². The van der Waals surface area contributed by atoms with Crippen LogP contribution in [0.4, 0.5) is 0 Å². The Bertz CT molecular complexity index is 353. The van der Waals surface area contributed by atoms with Crippen LogP contribution in [0.25, 0.3) is 0 Å². The van der Waals surface area contributed by atoms with Gasteiger partial charge in [0.25, 0.3) is 0 Å². The molecule has 2 nitrogen and oxygen atoms in total. The van der Waals surface area contributed by atoms with Crippen LogP contribution in [0.5, 0.6) is 0 Å². The molecule has 0 aliphatic carbocycles. The lowest BCUT2D eigenvalue weighted by molar-refractivity contribution is -0.130. The standard InChI is InChI=1S/C12H15BrClNO/c1-9(8-14)15(2)12(16)7-10-3-5-11(13)6-4-10/h3-6,9H,7-8H2,1-2H3. The molecule has 0 aliphatic rings. The van der Waals surface area contributed by atoms with E-state index in [1.807, 2.05) is 31.2 Å². The molecule has 4 heteroatoms. The summed E-state index contributed by atoms with van der Waals surface area (Å²) in [6.07, 6.45) is 0.422.